The molecule has 4 N–H and O–H groups in total. The van der Waals surface area contributed by atoms with Gasteiger partial charge in [0.2, 0.25) is 0 Å². The number of carboxylic acids is 1. The Kier molecular flexibility index (Phi) is 32.8. The highest BCUT2D eigenvalue weighted by atomic mass is 31.2. The highest BCUT2D eigenvalue weighted by Gasteiger charge is 2.36. The van der Waals surface area contributed by atoms with Crippen molar-refractivity contribution in [3.63, 3.8) is 0 Å². The lowest BCUT2D eigenvalue weighted by Gasteiger charge is -2.20. The molecule has 0 radical (unpaired) electrons. The van der Waals surface area contributed by atoms with E-state index < -0.39 is 57.7 Å². The molecule has 12 nitrogen and oxygen atoms in total. The lowest BCUT2D eigenvalue weighted by atomic mass is 10.1. The van der Waals surface area contributed by atoms with Gasteiger partial charge in [0.15, 0.2) is 6.10 Å². The summed E-state index contributed by atoms with van der Waals surface area (Å²) in [5.74, 6) is -2.55. The third-order valence-electron chi connectivity index (χ3n) is 8.72. The number of rotatable bonds is 37. The van der Waals surface area contributed by atoms with Crippen molar-refractivity contribution in [3.05, 3.63) is 97.2 Å². The zero-order chi connectivity index (χ0) is 43.2. The summed E-state index contributed by atoms with van der Waals surface area (Å²) in [6.45, 7) is 2.50. The second-order valence-corrected chi connectivity index (χ2v) is 15.6. The molecule has 0 spiro atoms. The van der Waals surface area contributed by atoms with Crippen LogP contribution in [0.25, 0.3) is 0 Å². The first-order valence-corrected chi connectivity index (χ1v) is 22.9. The normalized spacial score (nSPS) is 18.1. The Morgan fingerprint density at radius 1 is 0.627 bits per heavy atom. The Hall–Kier alpha value is -3.64. The lowest BCUT2D eigenvalue weighted by Crippen LogP contribution is -2.34. The number of carboxylic acid groups (broad SMARTS) is 1. The summed E-state index contributed by atoms with van der Waals surface area (Å²) >= 11 is 0. The molecule has 3 unspecified atom stereocenters. The summed E-state index contributed by atoms with van der Waals surface area (Å²) in [7, 11) is -4.76. The number of carbonyl (C=O) groups excluding carboxylic acids is 2. The van der Waals surface area contributed by atoms with Crippen LogP contribution in [0.1, 0.15) is 129 Å². The summed E-state index contributed by atoms with van der Waals surface area (Å²) in [5, 5.41) is 8.89. The van der Waals surface area contributed by atoms with Gasteiger partial charge in [-0.25, -0.2) is 4.57 Å². The number of phosphoric acid groups is 1. The second-order valence-electron chi connectivity index (χ2n) is 14.1. The SMILES string of the molecule is CC/C=C\C/C=C\C/C=C\C/C=C\C/C=C\CCCC(=O)OC[C@H](COP(=O)(O)OC[C@H](N)C(=O)O)OC(=O)CCC/C=C\CC1OC1C/C=C\C/C=C\CCCCC. The molecular weight excluding hydrogens is 773 g/mol. The van der Waals surface area contributed by atoms with E-state index in [1.165, 1.54) is 19.3 Å². The molecule has 0 aliphatic carbocycles. The molecule has 1 rings (SSSR count). The van der Waals surface area contributed by atoms with Crippen LogP contribution in [-0.4, -0.2) is 72.1 Å². The maximum absolute atomic E-state index is 12.6. The van der Waals surface area contributed by atoms with Gasteiger partial charge in [-0.3, -0.25) is 23.4 Å². The summed E-state index contributed by atoms with van der Waals surface area (Å²) in [5.41, 5.74) is 5.33. The van der Waals surface area contributed by atoms with Gasteiger partial charge in [0, 0.05) is 12.8 Å². The Balaban J connectivity index is 2.40. The second kappa shape index (κ2) is 36.2. The van der Waals surface area contributed by atoms with Crippen LogP contribution in [0, 0.1) is 0 Å². The van der Waals surface area contributed by atoms with Gasteiger partial charge in [-0.05, 0) is 89.9 Å². The molecule has 1 fully saturated rings. The third-order valence-corrected chi connectivity index (χ3v) is 9.67. The van der Waals surface area contributed by atoms with Crippen LogP contribution < -0.4 is 5.73 Å². The van der Waals surface area contributed by atoms with Gasteiger partial charge in [0.1, 0.15) is 12.6 Å². The zero-order valence-corrected chi connectivity index (χ0v) is 36.4. The fourth-order valence-corrected chi connectivity index (χ4v) is 6.03. The van der Waals surface area contributed by atoms with Crippen molar-refractivity contribution in [1.29, 1.82) is 0 Å². The van der Waals surface area contributed by atoms with Gasteiger partial charge in [-0.15, -0.1) is 0 Å². The average Bonchev–Trinajstić information content (AvgIpc) is 3.97. The first kappa shape index (κ1) is 53.4. The van der Waals surface area contributed by atoms with Gasteiger partial charge in [0.25, 0.3) is 0 Å². The van der Waals surface area contributed by atoms with Gasteiger partial charge in [0.05, 0.1) is 25.4 Å². The fraction of sp³-hybridized carbons (Fsp3) is 0.587. The molecule has 0 aromatic heterocycles. The number of hydrogen-bond acceptors (Lipinski definition) is 10. The predicted octanol–water partition coefficient (Wildman–Crippen LogP) is 10.3. The molecular formula is C46H72NO11P. The van der Waals surface area contributed by atoms with E-state index in [0.717, 1.165) is 57.8 Å². The highest BCUT2D eigenvalue weighted by molar-refractivity contribution is 7.47. The Morgan fingerprint density at radius 3 is 1.63 bits per heavy atom. The molecule has 0 aromatic carbocycles. The molecule has 5 atom stereocenters. The van der Waals surface area contributed by atoms with E-state index >= 15 is 0 Å². The number of unbranched alkanes of at least 4 members (excludes halogenated alkanes) is 5. The number of allylic oxidation sites excluding steroid dienone is 14. The number of aliphatic carboxylic acids is 1. The topological polar surface area (TPSA) is 184 Å². The molecule has 0 amide bonds. The van der Waals surface area contributed by atoms with E-state index in [1.807, 2.05) is 24.3 Å². The molecule has 1 heterocycles. The number of hydrogen-bond donors (Lipinski definition) is 3. The molecule has 59 heavy (non-hydrogen) atoms. The van der Waals surface area contributed by atoms with Crippen LogP contribution >= 0.6 is 7.82 Å². The van der Waals surface area contributed by atoms with Gasteiger partial charge in [-0.1, -0.05) is 124 Å². The third kappa shape index (κ3) is 33.8. The Labute approximate surface area is 353 Å². The van der Waals surface area contributed by atoms with Crippen LogP contribution in [0.2, 0.25) is 0 Å². The van der Waals surface area contributed by atoms with E-state index in [0.29, 0.717) is 25.7 Å². The van der Waals surface area contributed by atoms with Crippen molar-refractivity contribution in [2.24, 2.45) is 5.73 Å². The molecule has 0 saturated carbocycles. The monoisotopic (exact) mass is 845 g/mol. The molecule has 0 aromatic rings. The standard InChI is InChI=1S/C46H72NO11P/c1-3-5-7-9-11-13-14-15-16-17-18-19-20-22-24-26-31-35-44(48)54-37-40(38-55-59(52,53)56-39-41(47)46(50)51)57-45(49)36-32-28-27-30-34-43-42(58-43)33-29-25-23-21-12-10-8-6-4-2/h5,7,11-13,15-16,18-19,21-22,24-25,27,29-30,40-43H,3-4,6,8-10,14,17,20,23,26,28,31-39,47H2,1-2H3,(H,50,51)(H,52,53)/b7-5-,13-11-,16-15-,19-18-,21-12-,24-22-,29-25-,30-27-/t40-,41+,42?,43?/m1/s1. The van der Waals surface area contributed by atoms with Gasteiger partial charge in [-0.2, -0.15) is 0 Å². The van der Waals surface area contributed by atoms with E-state index in [1.54, 1.807) is 0 Å². The zero-order valence-electron chi connectivity index (χ0n) is 35.5. The number of phosphoric ester groups is 1. The van der Waals surface area contributed by atoms with Crippen LogP contribution in [0.5, 0.6) is 0 Å². The predicted molar refractivity (Wildman–Crippen MR) is 234 cm³/mol. The van der Waals surface area contributed by atoms with E-state index in [2.05, 4.69) is 91.3 Å². The van der Waals surface area contributed by atoms with Crippen molar-refractivity contribution in [1.82, 2.24) is 0 Å². The number of carbonyl (C=O) groups is 3. The van der Waals surface area contributed by atoms with E-state index in [-0.39, 0.29) is 25.0 Å². The van der Waals surface area contributed by atoms with E-state index in [4.69, 9.17) is 29.6 Å². The average molecular weight is 846 g/mol. The summed E-state index contributed by atoms with van der Waals surface area (Å²) < 4.78 is 38.3. The molecule has 1 aliphatic heterocycles. The summed E-state index contributed by atoms with van der Waals surface area (Å²) in [6.07, 6.45) is 48.0. The van der Waals surface area contributed by atoms with Gasteiger partial charge < -0.3 is 29.9 Å². The maximum Gasteiger partial charge on any atom is 0.472 e. The van der Waals surface area contributed by atoms with Crippen molar-refractivity contribution in [3.8, 4) is 0 Å². The Morgan fingerprint density at radius 2 is 1.08 bits per heavy atom. The van der Waals surface area contributed by atoms with Crippen molar-refractivity contribution >= 4 is 25.7 Å². The molecule has 1 aliphatic rings. The minimum atomic E-state index is -4.76. The quantitative estimate of drug-likeness (QED) is 0.0177. The molecule has 1 saturated heterocycles. The van der Waals surface area contributed by atoms with Crippen molar-refractivity contribution < 1.29 is 52.2 Å². The highest BCUT2D eigenvalue weighted by Crippen LogP contribution is 2.43. The molecule has 0 bridgehead atoms. The number of epoxide rings is 1. The van der Waals surface area contributed by atoms with Crippen LogP contribution in [0.3, 0.4) is 0 Å². The lowest BCUT2D eigenvalue weighted by molar-refractivity contribution is -0.161. The minimum absolute atomic E-state index is 0.0587. The largest absolute Gasteiger partial charge is 0.480 e. The molecule has 13 heteroatoms. The van der Waals surface area contributed by atoms with Crippen LogP contribution in [0.4, 0.5) is 0 Å². The first-order valence-electron chi connectivity index (χ1n) is 21.4. The van der Waals surface area contributed by atoms with E-state index in [9.17, 15) is 23.8 Å². The van der Waals surface area contributed by atoms with Gasteiger partial charge >= 0.3 is 25.7 Å². The summed E-state index contributed by atoms with van der Waals surface area (Å²) in [4.78, 5) is 46.0. The van der Waals surface area contributed by atoms with Crippen molar-refractivity contribution in [2.45, 2.75) is 154 Å². The minimum Gasteiger partial charge on any atom is -0.480 e. The number of ether oxygens (including phenoxy) is 3. The fourth-order valence-electron chi connectivity index (χ4n) is 5.25. The van der Waals surface area contributed by atoms with Crippen LogP contribution in [0.15, 0.2) is 97.2 Å². The summed E-state index contributed by atoms with van der Waals surface area (Å²) in [6, 6.07) is -1.55. The van der Waals surface area contributed by atoms with Crippen molar-refractivity contribution in [2.75, 3.05) is 19.8 Å². The first-order chi connectivity index (χ1) is 28.6. The molecule has 332 valence electrons. The Bertz CT molecular complexity index is 1430. The number of esters is 2. The van der Waals surface area contributed by atoms with Crippen LogP contribution in [-0.2, 0) is 42.2 Å². The smallest absolute Gasteiger partial charge is 0.472 e. The maximum atomic E-state index is 12.6. The number of nitrogens with two attached hydrogens (primary N) is 1.